The van der Waals surface area contributed by atoms with Gasteiger partial charge in [-0.3, -0.25) is 10.2 Å². The standard InChI is InChI=1S/C23H28N6O5/c1-31-8-6-25-19-11-20(26-13-17(19)12-24)28-23(30)29(14-16-5-7-32-15-16)21-4-2-3-18(27-21)22-33-9-10-34-22/h2-4,11,13,16,22H,5-10,14-15H2,1H3,(H2,25,26,28,30). The zero-order chi connectivity index (χ0) is 23.8. The number of hydrogen-bond donors (Lipinski definition) is 2. The molecule has 0 aliphatic carbocycles. The summed E-state index contributed by atoms with van der Waals surface area (Å²) in [6.07, 6.45) is 1.75. The van der Waals surface area contributed by atoms with E-state index in [0.29, 0.717) is 74.7 Å². The highest BCUT2D eigenvalue weighted by molar-refractivity contribution is 6.00. The third kappa shape index (κ3) is 5.98. The summed E-state index contributed by atoms with van der Waals surface area (Å²) in [6.45, 7) is 3.69. The molecule has 0 saturated carbocycles. The van der Waals surface area contributed by atoms with Crippen molar-refractivity contribution >= 4 is 23.4 Å². The van der Waals surface area contributed by atoms with Crippen LogP contribution in [0.2, 0.25) is 0 Å². The first-order valence-corrected chi connectivity index (χ1v) is 11.2. The number of methoxy groups -OCH3 is 1. The zero-order valence-electron chi connectivity index (χ0n) is 19.0. The molecule has 34 heavy (non-hydrogen) atoms. The Labute approximate surface area is 198 Å². The van der Waals surface area contributed by atoms with E-state index >= 15 is 0 Å². The van der Waals surface area contributed by atoms with Crippen LogP contribution in [-0.2, 0) is 18.9 Å². The van der Waals surface area contributed by atoms with Crippen molar-refractivity contribution < 1.29 is 23.7 Å². The molecule has 1 unspecified atom stereocenters. The Bertz CT molecular complexity index is 1020. The lowest BCUT2D eigenvalue weighted by Crippen LogP contribution is -2.39. The van der Waals surface area contributed by atoms with Gasteiger partial charge in [-0.15, -0.1) is 0 Å². The molecule has 2 aliphatic rings. The second kappa shape index (κ2) is 11.7. The number of pyridine rings is 2. The monoisotopic (exact) mass is 468 g/mol. The van der Waals surface area contributed by atoms with E-state index < -0.39 is 6.29 Å². The maximum Gasteiger partial charge on any atom is 0.328 e. The lowest BCUT2D eigenvalue weighted by molar-refractivity contribution is -0.0472. The van der Waals surface area contributed by atoms with Gasteiger partial charge in [0.25, 0.3) is 0 Å². The van der Waals surface area contributed by atoms with Gasteiger partial charge in [-0.2, -0.15) is 5.26 Å². The average molecular weight is 469 g/mol. The van der Waals surface area contributed by atoms with Crippen LogP contribution in [0.5, 0.6) is 0 Å². The Balaban J connectivity index is 1.55. The summed E-state index contributed by atoms with van der Waals surface area (Å²) < 4.78 is 21.7. The fourth-order valence-electron chi connectivity index (χ4n) is 3.74. The Morgan fingerprint density at radius 1 is 1.32 bits per heavy atom. The van der Waals surface area contributed by atoms with Gasteiger partial charge >= 0.3 is 6.03 Å². The van der Waals surface area contributed by atoms with Gasteiger partial charge in [0.1, 0.15) is 17.7 Å². The molecule has 2 N–H and O–H groups in total. The molecule has 180 valence electrons. The van der Waals surface area contributed by atoms with Gasteiger partial charge in [0.05, 0.1) is 43.4 Å². The highest BCUT2D eigenvalue weighted by atomic mass is 16.7. The number of nitrogens with zero attached hydrogens (tertiary/aromatic N) is 4. The second-order valence-corrected chi connectivity index (χ2v) is 7.91. The largest absolute Gasteiger partial charge is 0.383 e. The minimum atomic E-state index is -0.541. The van der Waals surface area contributed by atoms with Gasteiger partial charge in [-0.05, 0) is 18.6 Å². The predicted molar refractivity (Wildman–Crippen MR) is 123 cm³/mol. The SMILES string of the molecule is COCCNc1cc(NC(=O)N(CC2CCOC2)c2cccc(C3OCCO3)n2)ncc1C#N. The van der Waals surface area contributed by atoms with Gasteiger partial charge in [-0.1, -0.05) is 6.07 Å². The number of aromatic nitrogens is 2. The number of nitrogens with one attached hydrogen (secondary N) is 2. The first kappa shape index (κ1) is 23.8. The lowest BCUT2D eigenvalue weighted by Gasteiger charge is -2.25. The van der Waals surface area contributed by atoms with Crippen LogP contribution in [0.15, 0.2) is 30.5 Å². The number of carbonyl (C=O) groups is 1. The number of hydrogen-bond acceptors (Lipinski definition) is 9. The van der Waals surface area contributed by atoms with Crippen molar-refractivity contribution in [3.63, 3.8) is 0 Å². The van der Waals surface area contributed by atoms with Gasteiger partial charge in [0, 0.05) is 45.0 Å². The van der Waals surface area contributed by atoms with Crippen molar-refractivity contribution in [2.24, 2.45) is 5.92 Å². The van der Waals surface area contributed by atoms with Crippen molar-refractivity contribution in [2.75, 3.05) is 68.8 Å². The van der Waals surface area contributed by atoms with Crippen LogP contribution in [0.3, 0.4) is 0 Å². The third-order valence-electron chi connectivity index (χ3n) is 5.49. The van der Waals surface area contributed by atoms with Gasteiger partial charge in [0.15, 0.2) is 0 Å². The van der Waals surface area contributed by atoms with Crippen LogP contribution < -0.4 is 15.5 Å². The molecule has 0 bridgehead atoms. The van der Waals surface area contributed by atoms with E-state index in [-0.39, 0.29) is 11.9 Å². The first-order valence-electron chi connectivity index (χ1n) is 11.2. The summed E-state index contributed by atoms with van der Waals surface area (Å²) in [5.41, 5.74) is 1.55. The van der Waals surface area contributed by atoms with Crippen LogP contribution >= 0.6 is 0 Å². The van der Waals surface area contributed by atoms with Crippen molar-refractivity contribution in [3.05, 3.63) is 41.7 Å². The fraction of sp³-hybridized carbons (Fsp3) is 0.478. The molecule has 11 heteroatoms. The van der Waals surface area contributed by atoms with E-state index in [4.69, 9.17) is 18.9 Å². The number of carbonyl (C=O) groups excluding carboxylic acids is 1. The van der Waals surface area contributed by atoms with Crippen LogP contribution in [0, 0.1) is 17.2 Å². The topological polar surface area (TPSA) is 131 Å². The van der Waals surface area contributed by atoms with Crippen molar-refractivity contribution in [1.82, 2.24) is 9.97 Å². The Morgan fingerprint density at radius 3 is 2.91 bits per heavy atom. The van der Waals surface area contributed by atoms with E-state index in [0.717, 1.165) is 6.42 Å². The molecule has 2 saturated heterocycles. The first-order chi connectivity index (χ1) is 16.7. The van der Waals surface area contributed by atoms with Crippen molar-refractivity contribution in [3.8, 4) is 6.07 Å². The Hall–Kier alpha value is -3.30. The number of rotatable bonds is 9. The highest BCUT2D eigenvalue weighted by Gasteiger charge is 2.27. The smallest absolute Gasteiger partial charge is 0.328 e. The molecular weight excluding hydrogens is 440 g/mol. The van der Waals surface area contributed by atoms with E-state index in [1.54, 1.807) is 24.1 Å². The van der Waals surface area contributed by atoms with Crippen LogP contribution in [0.4, 0.5) is 22.1 Å². The molecule has 1 atom stereocenters. The maximum atomic E-state index is 13.4. The highest BCUT2D eigenvalue weighted by Crippen LogP contribution is 2.26. The predicted octanol–water partition coefficient (Wildman–Crippen LogP) is 2.53. The summed E-state index contributed by atoms with van der Waals surface area (Å²) in [4.78, 5) is 23.8. The van der Waals surface area contributed by atoms with Crippen LogP contribution in [0.25, 0.3) is 0 Å². The molecule has 2 amide bonds. The molecule has 2 aromatic rings. The number of amides is 2. The second-order valence-electron chi connectivity index (χ2n) is 7.91. The number of nitriles is 1. The van der Waals surface area contributed by atoms with E-state index in [9.17, 15) is 10.1 Å². The van der Waals surface area contributed by atoms with Gasteiger partial charge < -0.3 is 24.3 Å². The van der Waals surface area contributed by atoms with Crippen molar-refractivity contribution in [2.45, 2.75) is 12.7 Å². The minimum Gasteiger partial charge on any atom is -0.383 e. The summed E-state index contributed by atoms with van der Waals surface area (Å²) >= 11 is 0. The molecule has 4 heterocycles. The quantitative estimate of drug-likeness (QED) is 0.533. The summed E-state index contributed by atoms with van der Waals surface area (Å²) in [7, 11) is 1.60. The number of urea groups is 1. The zero-order valence-corrected chi connectivity index (χ0v) is 19.0. The molecular formula is C23H28N6O5. The normalized spacial score (nSPS) is 17.9. The molecule has 2 fully saturated rings. The summed E-state index contributed by atoms with van der Waals surface area (Å²) in [6, 6.07) is 8.76. The Morgan fingerprint density at radius 2 is 2.18 bits per heavy atom. The van der Waals surface area contributed by atoms with E-state index in [1.807, 2.05) is 12.1 Å². The summed E-state index contributed by atoms with van der Waals surface area (Å²) in [5.74, 6) is 0.985. The van der Waals surface area contributed by atoms with Crippen molar-refractivity contribution in [1.29, 1.82) is 5.26 Å². The molecule has 11 nitrogen and oxygen atoms in total. The fourth-order valence-corrected chi connectivity index (χ4v) is 3.74. The van der Waals surface area contributed by atoms with E-state index in [2.05, 4.69) is 26.7 Å². The summed E-state index contributed by atoms with van der Waals surface area (Å²) in [5, 5.41) is 15.3. The third-order valence-corrected chi connectivity index (χ3v) is 5.49. The molecule has 0 aromatic carbocycles. The maximum absolute atomic E-state index is 13.4. The average Bonchev–Trinajstić information content (AvgIpc) is 3.58. The lowest BCUT2D eigenvalue weighted by atomic mass is 10.1. The van der Waals surface area contributed by atoms with Crippen LogP contribution in [-0.4, -0.2) is 69.2 Å². The minimum absolute atomic E-state index is 0.190. The van der Waals surface area contributed by atoms with E-state index in [1.165, 1.54) is 6.20 Å². The van der Waals surface area contributed by atoms with Crippen LogP contribution in [0.1, 0.15) is 24.0 Å². The Kier molecular flexibility index (Phi) is 8.21. The molecule has 0 spiro atoms. The molecule has 2 aliphatic heterocycles. The molecule has 0 radical (unpaired) electrons. The van der Waals surface area contributed by atoms with Gasteiger partial charge in [-0.25, -0.2) is 14.8 Å². The molecule has 4 rings (SSSR count). The number of anilines is 3. The molecule has 2 aromatic heterocycles. The number of ether oxygens (including phenoxy) is 4. The van der Waals surface area contributed by atoms with Gasteiger partial charge in [0.2, 0.25) is 6.29 Å².